The Morgan fingerprint density at radius 3 is 2.80 bits per heavy atom. The number of rotatable bonds is 3. The maximum absolute atomic E-state index is 11.8. The van der Waals surface area contributed by atoms with Crippen molar-refractivity contribution < 1.29 is 9.90 Å². The van der Waals surface area contributed by atoms with Gasteiger partial charge in [-0.15, -0.1) is 0 Å². The average Bonchev–Trinajstić information content (AvgIpc) is 2.38. The summed E-state index contributed by atoms with van der Waals surface area (Å²) in [5, 5.41) is 9.52. The SMILES string of the molecule is CC(C)c1nc(N2CCCCC2(C)C(=O)O)cc(=O)[nH]1. The van der Waals surface area contributed by atoms with Crippen LogP contribution in [0.3, 0.4) is 0 Å². The Morgan fingerprint density at radius 2 is 2.20 bits per heavy atom. The number of hydrogen-bond donors (Lipinski definition) is 2. The molecule has 2 N–H and O–H groups in total. The van der Waals surface area contributed by atoms with Gasteiger partial charge in [-0.1, -0.05) is 13.8 Å². The Kier molecular flexibility index (Phi) is 3.83. The van der Waals surface area contributed by atoms with Crippen molar-refractivity contribution in [3.8, 4) is 0 Å². The van der Waals surface area contributed by atoms with Crippen molar-refractivity contribution in [3.63, 3.8) is 0 Å². The lowest BCUT2D eigenvalue weighted by Gasteiger charge is -2.42. The second-order valence-electron chi connectivity index (χ2n) is 5.83. The van der Waals surface area contributed by atoms with E-state index in [2.05, 4.69) is 9.97 Å². The van der Waals surface area contributed by atoms with Crippen molar-refractivity contribution in [3.05, 3.63) is 22.2 Å². The fourth-order valence-electron chi connectivity index (χ4n) is 2.59. The van der Waals surface area contributed by atoms with E-state index in [1.54, 1.807) is 11.8 Å². The number of H-pyrrole nitrogens is 1. The van der Waals surface area contributed by atoms with Crippen molar-refractivity contribution in [2.75, 3.05) is 11.4 Å². The summed E-state index contributed by atoms with van der Waals surface area (Å²) in [5.74, 6) is 0.266. The van der Waals surface area contributed by atoms with Crippen LogP contribution in [0.5, 0.6) is 0 Å². The second kappa shape index (κ2) is 5.26. The maximum Gasteiger partial charge on any atom is 0.329 e. The van der Waals surface area contributed by atoms with Crippen LogP contribution < -0.4 is 10.5 Å². The Morgan fingerprint density at radius 1 is 1.50 bits per heavy atom. The van der Waals surface area contributed by atoms with Crippen LogP contribution in [-0.4, -0.2) is 33.1 Å². The topological polar surface area (TPSA) is 86.3 Å². The summed E-state index contributed by atoms with van der Waals surface area (Å²) in [4.78, 5) is 32.3. The van der Waals surface area contributed by atoms with Crippen LogP contribution in [-0.2, 0) is 4.79 Å². The molecule has 0 saturated carbocycles. The molecule has 0 bridgehead atoms. The van der Waals surface area contributed by atoms with E-state index < -0.39 is 11.5 Å². The molecule has 1 aromatic heterocycles. The zero-order valence-corrected chi connectivity index (χ0v) is 12.1. The Hall–Kier alpha value is -1.85. The van der Waals surface area contributed by atoms with Crippen LogP contribution in [0.4, 0.5) is 5.82 Å². The number of aromatic nitrogens is 2. The van der Waals surface area contributed by atoms with Crippen molar-refractivity contribution in [2.24, 2.45) is 0 Å². The molecule has 0 aromatic carbocycles. The van der Waals surface area contributed by atoms with E-state index in [0.717, 1.165) is 12.8 Å². The molecule has 2 rings (SSSR count). The van der Waals surface area contributed by atoms with Gasteiger partial charge in [-0.05, 0) is 26.2 Å². The fourth-order valence-corrected chi connectivity index (χ4v) is 2.59. The molecule has 1 atom stereocenters. The molecule has 2 heterocycles. The Bertz CT molecular complexity index is 567. The third-order valence-electron chi connectivity index (χ3n) is 3.92. The standard InChI is InChI=1S/C14H21N3O3/c1-9(2)12-15-10(8-11(18)16-12)17-7-5-4-6-14(17,3)13(19)20/h8-9H,4-7H2,1-3H3,(H,19,20)(H,15,16,18). The van der Waals surface area contributed by atoms with Gasteiger partial charge in [0.2, 0.25) is 0 Å². The number of aliphatic carboxylic acids is 1. The number of anilines is 1. The smallest absolute Gasteiger partial charge is 0.329 e. The van der Waals surface area contributed by atoms with Crippen molar-refractivity contribution in [1.29, 1.82) is 0 Å². The van der Waals surface area contributed by atoms with Gasteiger partial charge in [0, 0.05) is 18.5 Å². The van der Waals surface area contributed by atoms with Crippen LogP contribution in [0.15, 0.2) is 10.9 Å². The molecular weight excluding hydrogens is 258 g/mol. The van der Waals surface area contributed by atoms with Gasteiger partial charge in [0.05, 0.1) is 0 Å². The largest absolute Gasteiger partial charge is 0.480 e. The van der Waals surface area contributed by atoms with Crippen molar-refractivity contribution in [2.45, 2.75) is 51.5 Å². The number of piperidine rings is 1. The molecule has 20 heavy (non-hydrogen) atoms. The third-order valence-corrected chi connectivity index (χ3v) is 3.92. The summed E-state index contributed by atoms with van der Waals surface area (Å²) in [6.45, 7) is 6.19. The Balaban J connectivity index is 2.48. The lowest BCUT2D eigenvalue weighted by molar-refractivity contribution is -0.143. The van der Waals surface area contributed by atoms with E-state index in [1.807, 2.05) is 13.8 Å². The summed E-state index contributed by atoms with van der Waals surface area (Å²) in [6.07, 6.45) is 2.35. The fraction of sp³-hybridized carbons (Fsp3) is 0.643. The lowest BCUT2D eigenvalue weighted by Crippen LogP contribution is -2.56. The number of carboxylic acids is 1. The monoisotopic (exact) mass is 279 g/mol. The van der Waals surface area contributed by atoms with E-state index in [-0.39, 0.29) is 11.5 Å². The van der Waals surface area contributed by atoms with Gasteiger partial charge in [-0.2, -0.15) is 0 Å². The van der Waals surface area contributed by atoms with E-state index in [1.165, 1.54) is 6.07 Å². The predicted molar refractivity (Wildman–Crippen MR) is 76.2 cm³/mol. The first-order chi connectivity index (χ1) is 9.34. The van der Waals surface area contributed by atoms with Gasteiger partial charge in [-0.3, -0.25) is 4.79 Å². The van der Waals surface area contributed by atoms with Gasteiger partial charge >= 0.3 is 5.97 Å². The molecule has 0 radical (unpaired) electrons. The summed E-state index contributed by atoms with van der Waals surface area (Å²) >= 11 is 0. The molecule has 0 amide bonds. The number of hydrogen-bond acceptors (Lipinski definition) is 4. The number of carboxylic acid groups (broad SMARTS) is 1. The summed E-state index contributed by atoms with van der Waals surface area (Å²) in [6, 6.07) is 1.39. The predicted octanol–water partition coefficient (Wildman–Crippen LogP) is 1.73. The van der Waals surface area contributed by atoms with E-state index in [0.29, 0.717) is 24.6 Å². The highest BCUT2D eigenvalue weighted by Crippen LogP contribution is 2.31. The summed E-state index contributed by atoms with van der Waals surface area (Å²) in [5.41, 5.74) is -1.23. The zero-order valence-electron chi connectivity index (χ0n) is 12.1. The number of carbonyl (C=O) groups is 1. The van der Waals surface area contributed by atoms with E-state index in [4.69, 9.17) is 0 Å². The summed E-state index contributed by atoms with van der Waals surface area (Å²) in [7, 11) is 0. The van der Waals surface area contributed by atoms with Gasteiger partial charge in [0.25, 0.3) is 5.56 Å². The first kappa shape index (κ1) is 14.6. The van der Waals surface area contributed by atoms with Crippen LogP contribution in [0, 0.1) is 0 Å². The van der Waals surface area contributed by atoms with Gasteiger partial charge < -0.3 is 15.0 Å². The highest BCUT2D eigenvalue weighted by molar-refractivity contribution is 5.83. The minimum Gasteiger partial charge on any atom is -0.480 e. The zero-order chi connectivity index (χ0) is 14.9. The molecule has 1 unspecified atom stereocenters. The molecular formula is C14H21N3O3. The van der Waals surface area contributed by atoms with E-state index in [9.17, 15) is 14.7 Å². The molecule has 0 spiro atoms. The van der Waals surface area contributed by atoms with Gasteiger partial charge in [0.15, 0.2) is 0 Å². The van der Waals surface area contributed by atoms with Crippen molar-refractivity contribution in [1.82, 2.24) is 9.97 Å². The molecule has 1 aliphatic rings. The average molecular weight is 279 g/mol. The molecule has 1 aliphatic heterocycles. The minimum absolute atomic E-state index is 0.0866. The molecule has 1 aromatic rings. The molecule has 1 fully saturated rings. The highest BCUT2D eigenvalue weighted by Gasteiger charge is 2.42. The molecule has 1 saturated heterocycles. The van der Waals surface area contributed by atoms with E-state index >= 15 is 0 Å². The van der Waals surface area contributed by atoms with Crippen molar-refractivity contribution >= 4 is 11.8 Å². The number of nitrogens with zero attached hydrogens (tertiary/aromatic N) is 2. The minimum atomic E-state index is -0.993. The van der Waals surface area contributed by atoms with Crippen LogP contribution in [0.1, 0.15) is 51.8 Å². The summed E-state index contributed by atoms with van der Waals surface area (Å²) < 4.78 is 0. The first-order valence-electron chi connectivity index (χ1n) is 6.97. The second-order valence-corrected chi connectivity index (χ2v) is 5.83. The molecule has 6 nitrogen and oxygen atoms in total. The normalized spacial score (nSPS) is 23.1. The third kappa shape index (κ3) is 2.55. The van der Waals surface area contributed by atoms with Crippen LogP contribution >= 0.6 is 0 Å². The van der Waals surface area contributed by atoms with Crippen LogP contribution in [0.2, 0.25) is 0 Å². The molecule has 6 heteroatoms. The lowest BCUT2D eigenvalue weighted by atomic mass is 9.88. The first-order valence-corrected chi connectivity index (χ1v) is 6.97. The Labute approximate surface area is 117 Å². The maximum atomic E-state index is 11.8. The molecule has 0 aliphatic carbocycles. The van der Waals surface area contributed by atoms with Gasteiger partial charge in [0.1, 0.15) is 17.2 Å². The van der Waals surface area contributed by atoms with Crippen LogP contribution in [0.25, 0.3) is 0 Å². The number of nitrogens with one attached hydrogen (secondary N) is 1. The highest BCUT2D eigenvalue weighted by atomic mass is 16.4. The van der Waals surface area contributed by atoms with Gasteiger partial charge in [-0.25, -0.2) is 9.78 Å². The number of aromatic amines is 1. The molecule has 110 valence electrons. The quantitative estimate of drug-likeness (QED) is 0.880.